The summed E-state index contributed by atoms with van der Waals surface area (Å²) in [5, 5.41) is 7.49. The number of pyridine rings is 1. The number of para-hydroxylation sites is 1. The second kappa shape index (κ2) is 15.7. The van der Waals surface area contributed by atoms with E-state index in [0.717, 1.165) is 76.9 Å². The monoisotopic (exact) mass is 855 g/mol. The maximum absolute atomic E-state index is 6.53. The van der Waals surface area contributed by atoms with Crippen LogP contribution >= 0.6 is 0 Å². The molecule has 0 aliphatic rings. The van der Waals surface area contributed by atoms with Gasteiger partial charge in [-0.1, -0.05) is 83.0 Å². The van der Waals surface area contributed by atoms with Crippen LogP contribution in [0.3, 0.4) is 0 Å². The van der Waals surface area contributed by atoms with Crippen LogP contribution in [-0.4, -0.2) is 26.4 Å². The van der Waals surface area contributed by atoms with Crippen LogP contribution in [0.15, 0.2) is 91.1 Å². The molecule has 0 bridgehead atoms. The van der Waals surface area contributed by atoms with Gasteiger partial charge in [0.1, 0.15) is 11.6 Å². The summed E-state index contributed by atoms with van der Waals surface area (Å²) in [4.78, 5) is 4.69. The van der Waals surface area contributed by atoms with Crippen molar-refractivity contribution in [2.75, 3.05) is 7.11 Å². The van der Waals surface area contributed by atoms with Gasteiger partial charge in [0.2, 0.25) is 0 Å². The molecule has 0 saturated carbocycles. The van der Waals surface area contributed by atoms with Crippen LogP contribution in [0.5, 0.6) is 17.2 Å². The SMILES string of the molecule is CCCc1nn(-c2[c-]c(Oc3[c-]c4c(cc3)c3ccccc3n4-c3cc(OC)ccn3)ccc2)c(C(C)CC)c1-c1cc(CC)cc(CC)c1.[Pt+2]. The van der Waals surface area contributed by atoms with E-state index in [-0.39, 0.29) is 21.1 Å². The molecule has 3 heterocycles. The third-order valence-corrected chi connectivity index (χ3v) is 9.66. The number of aromatic nitrogens is 4. The molecule has 0 N–H and O–H groups in total. The van der Waals surface area contributed by atoms with Gasteiger partial charge in [0.25, 0.3) is 0 Å². The molecule has 1 unspecified atom stereocenters. The Morgan fingerprint density at radius 3 is 2.29 bits per heavy atom. The van der Waals surface area contributed by atoms with Crippen molar-refractivity contribution in [1.82, 2.24) is 19.3 Å². The quantitative estimate of drug-likeness (QED) is 0.115. The van der Waals surface area contributed by atoms with Gasteiger partial charge in [0, 0.05) is 34.8 Å². The molecule has 262 valence electrons. The van der Waals surface area contributed by atoms with Gasteiger partial charge < -0.3 is 14.0 Å². The third kappa shape index (κ3) is 6.99. The van der Waals surface area contributed by atoms with Crippen molar-refractivity contribution in [2.24, 2.45) is 0 Å². The Bertz CT molecular complexity index is 2280. The second-order valence-corrected chi connectivity index (χ2v) is 12.9. The molecule has 51 heavy (non-hydrogen) atoms. The minimum Gasteiger partial charge on any atom is -0.509 e. The summed E-state index contributed by atoms with van der Waals surface area (Å²) < 4.78 is 16.3. The van der Waals surface area contributed by atoms with E-state index in [0.29, 0.717) is 17.4 Å². The molecular formula is C44H44N4O2Pt. The number of aryl methyl sites for hydroxylation is 3. The number of hydrogen-bond acceptors (Lipinski definition) is 4. The van der Waals surface area contributed by atoms with E-state index >= 15 is 0 Å². The summed E-state index contributed by atoms with van der Waals surface area (Å²) in [6, 6.07) is 36.4. The first kappa shape index (κ1) is 36.1. The zero-order chi connectivity index (χ0) is 34.8. The van der Waals surface area contributed by atoms with E-state index < -0.39 is 0 Å². The molecule has 4 aromatic carbocycles. The zero-order valence-electron chi connectivity index (χ0n) is 30.2. The summed E-state index contributed by atoms with van der Waals surface area (Å²) in [7, 11) is 1.67. The Labute approximate surface area is 315 Å². The van der Waals surface area contributed by atoms with Gasteiger partial charge in [-0.15, -0.1) is 35.7 Å². The van der Waals surface area contributed by atoms with Gasteiger partial charge >= 0.3 is 21.1 Å². The average Bonchev–Trinajstić information content (AvgIpc) is 3.70. The molecule has 3 aromatic heterocycles. The minimum atomic E-state index is 0. The van der Waals surface area contributed by atoms with Crippen molar-refractivity contribution < 1.29 is 30.5 Å². The van der Waals surface area contributed by atoms with Crippen molar-refractivity contribution in [1.29, 1.82) is 0 Å². The number of ether oxygens (including phenoxy) is 2. The van der Waals surface area contributed by atoms with E-state index in [1.54, 1.807) is 13.3 Å². The van der Waals surface area contributed by atoms with E-state index in [1.807, 2.05) is 36.4 Å². The predicted molar refractivity (Wildman–Crippen MR) is 203 cm³/mol. The van der Waals surface area contributed by atoms with Crippen molar-refractivity contribution >= 4 is 21.8 Å². The van der Waals surface area contributed by atoms with Crippen LogP contribution in [-0.2, 0) is 40.3 Å². The molecule has 0 saturated heterocycles. The summed E-state index contributed by atoms with van der Waals surface area (Å²) >= 11 is 0. The van der Waals surface area contributed by atoms with Crippen LogP contribution in [0.25, 0.3) is 44.4 Å². The molecular weight excluding hydrogens is 812 g/mol. The fourth-order valence-electron chi connectivity index (χ4n) is 6.91. The average molecular weight is 856 g/mol. The number of benzene rings is 4. The van der Waals surface area contributed by atoms with Crippen LogP contribution < -0.4 is 9.47 Å². The van der Waals surface area contributed by atoms with Gasteiger partial charge in [0.05, 0.1) is 18.5 Å². The molecule has 7 heteroatoms. The normalized spacial score (nSPS) is 11.9. The van der Waals surface area contributed by atoms with Gasteiger partial charge in [-0.25, -0.2) is 4.98 Å². The van der Waals surface area contributed by atoms with Crippen LogP contribution in [0.2, 0.25) is 0 Å². The Hall–Kier alpha value is -4.67. The number of hydrogen-bond donors (Lipinski definition) is 0. The Morgan fingerprint density at radius 1 is 0.804 bits per heavy atom. The Kier molecular flexibility index (Phi) is 11.1. The molecule has 7 aromatic rings. The summed E-state index contributed by atoms with van der Waals surface area (Å²) in [6.07, 6.45) is 6.70. The fraction of sp³-hybridized carbons (Fsp3) is 0.273. The van der Waals surface area contributed by atoms with Gasteiger partial charge in [-0.3, -0.25) is 4.68 Å². The standard InChI is InChI=1S/C44H44N4O2.Pt/c1-7-14-39-43(32-24-30(9-3)23-31(10-4)25-32)44(29(5)8-2)48(46-39)33-15-13-16-35(26-33)50-36-19-20-38-37-17-11-12-18-40(37)47(41(38)27-36)42-28-34(49-6)21-22-45-42;/h11-13,15-25,28-29H,7-10,14H2,1-6H3;/q-2;+2. The molecule has 0 radical (unpaired) electrons. The summed E-state index contributed by atoms with van der Waals surface area (Å²) in [5.41, 5.74) is 10.4. The predicted octanol–water partition coefficient (Wildman–Crippen LogP) is 11.0. The largest absolute Gasteiger partial charge is 2.00 e. The smallest absolute Gasteiger partial charge is 0.509 e. The maximum atomic E-state index is 6.53. The Morgan fingerprint density at radius 2 is 1.57 bits per heavy atom. The second-order valence-electron chi connectivity index (χ2n) is 12.9. The zero-order valence-corrected chi connectivity index (χ0v) is 32.5. The van der Waals surface area contributed by atoms with Crippen molar-refractivity contribution in [2.45, 2.75) is 72.6 Å². The number of nitrogens with zero attached hydrogens (tertiary/aromatic N) is 4. The van der Waals surface area contributed by atoms with Gasteiger partial charge in [0.15, 0.2) is 0 Å². The van der Waals surface area contributed by atoms with E-state index in [4.69, 9.17) is 14.6 Å². The first-order valence-electron chi connectivity index (χ1n) is 17.9. The van der Waals surface area contributed by atoms with Crippen LogP contribution in [0.1, 0.15) is 75.9 Å². The molecule has 0 spiro atoms. The van der Waals surface area contributed by atoms with E-state index in [9.17, 15) is 0 Å². The van der Waals surface area contributed by atoms with Gasteiger partial charge in [-0.2, -0.15) is 17.2 Å². The molecule has 0 fully saturated rings. The molecule has 1 atom stereocenters. The molecule has 7 rings (SSSR count). The summed E-state index contributed by atoms with van der Waals surface area (Å²) in [6.45, 7) is 11.2. The number of fused-ring (bicyclic) bond motifs is 3. The summed E-state index contributed by atoms with van der Waals surface area (Å²) in [5.74, 6) is 2.98. The third-order valence-electron chi connectivity index (χ3n) is 9.66. The van der Waals surface area contributed by atoms with Crippen LogP contribution in [0, 0.1) is 12.1 Å². The topological polar surface area (TPSA) is 54.1 Å². The van der Waals surface area contributed by atoms with Crippen molar-refractivity contribution in [3.63, 3.8) is 0 Å². The van der Waals surface area contributed by atoms with Crippen molar-refractivity contribution in [3.8, 4) is 39.9 Å². The molecule has 0 aliphatic heterocycles. The van der Waals surface area contributed by atoms with E-state index in [1.165, 1.54) is 27.9 Å². The fourth-order valence-corrected chi connectivity index (χ4v) is 6.91. The van der Waals surface area contributed by atoms with Crippen LogP contribution in [0.4, 0.5) is 0 Å². The first-order chi connectivity index (χ1) is 24.5. The minimum absolute atomic E-state index is 0. The first-order valence-corrected chi connectivity index (χ1v) is 17.9. The maximum Gasteiger partial charge on any atom is 2.00 e. The molecule has 6 nitrogen and oxygen atoms in total. The molecule has 0 aliphatic carbocycles. The van der Waals surface area contributed by atoms with Crippen molar-refractivity contribution in [3.05, 3.63) is 126 Å². The van der Waals surface area contributed by atoms with E-state index in [2.05, 4.69) is 110 Å². The Balaban J connectivity index is 0.00000448. The number of methoxy groups -OCH3 is 1. The van der Waals surface area contributed by atoms with Gasteiger partial charge in [-0.05, 0) is 71.5 Å². The molecule has 0 amide bonds. The number of rotatable bonds is 12.